The molecule has 1 aromatic carbocycles. The second-order valence-electron chi connectivity index (χ2n) is 4.50. The molecule has 0 aliphatic heterocycles. The molecule has 2 atom stereocenters. The van der Waals surface area contributed by atoms with Crippen molar-refractivity contribution in [1.82, 2.24) is 4.98 Å². The van der Waals surface area contributed by atoms with Gasteiger partial charge in [0.05, 0.1) is 6.04 Å². The van der Waals surface area contributed by atoms with Gasteiger partial charge in [0.1, 0.15) is 6.04 Å². The highest BCUT2D eigenvalue weighted by Gasteiger charge is 2.20. The summed E-state index contributed by atoms with van der Waals surface area (Å²) in [5.74, 6) is -1.12. The van der Waals surface area contributed by atoms with E-state index in [0.717, 1.165) is 16.5 Å². The Bertz CT molecular complexity index is 594. The molecule has 0 spiro atoms. The fourth-order valence-corrected chi connectivity index (χ4v) is 2.11. The molecule has 0 fully saturated rings. The first-order chi connectivity index (χ1) is 9.11. The monoisotopic (exact) mass is 261 g/mol. The Balaban J connectivity index is 2.14. The first kappa shape index (κ1) is 13.2. The molecule has 0 radical (unpaired) electrons. The molecule has 0 amide bonds. The number of H-pyrrole nitrogens is 1. The molecule has 0 saturated heterocycles. The molecule has 0 aliphatic rings. The second kappa shape index (κ2) is 5.62. The van der Waals surface area contributed by atoms with Crippen LogP contribution < -0.4 is 5.73 Å². The number of carboxylic acids is 1. The fraction of sp³-hybridized carbons (Fsp3) is 0.308. The van der Waals surface area contributed by atoms with E-state index in [0.29, 0.717) is 6.42 Å². The Morgan fingerprint density at radius 3 is 2.84 bits per heavy atom. The maximum atomic E-state index is 10.8. The first-order valence-corrected chi connectivity index (χ1v) is 5.97. The number of rotatable bonds is 6. The number of hydrogen-bond donors (Lipinski definition) is 3. The van der Waals surface area contributed by atoms with Crippen LogP contribution in [0.3, 0.4) is 0 Å². The van der Waals surface area contributed by atoms with Crippen LogP contribution >= 0.6 is 0 Å². The van der Waals surface area contributed by atoms with Gasteiger partial charge in [-0.15, -0.1) is 0 Å². The van der Waals surface area contributed by atoms with Crippen LogP contribution in [0.15, 0.2) is 35.6 Å². The summed E-state index contributed by atoms with van der Waals surface area (Å²) in [6.07, 6.45) is 2.24. The molecule has 100 valence electrons. The Hall–Kier alpha value is -2.21. The molecule has 1 heterocycles. The Morgan fingerprint density at radius 2 is 2.16 bits per heavy atom. The highest BCUT2D eigenvalue weighted by molar-refractivity contribution is 5.83. The van der Waals surface area contributed by atoms with E-state index >= 15 is 0 Å². The van der Waals surface area contributed by atoms with Crippen molar-refractivity contribution in [3.05, 3.63) is 40.9 Å². The number of carbonyl (C=O) groups is 1. The maximum absolute atomic E-state index is 10.8. The predicted octanol–water partition coefficient (Wildman–Crippen LogP) is 1.65. The Kier molecular flexibility index (Phi) is 3.91. The van der Waals surface area contributed by atoms with Gasteiger partial charge in [0.15, 0.2) is 0 Å². The lowest BCUT2D eigenvalue weighted by molar-refractivity contribution is -0.138. The van der Waals surface area contributed by atoms with Gasteiger partial charge in [-0.1, -0.05) is 23.4 Å². The summed E-state index contributed by atoms with van der Waals surface area (Å²) in [7, 11) is 0. The summed E-state index contributed by atoms with van der Waals surface area (Å²) < 4.78 is 0. The standard InChI is InChI=1S/C13H15N3O3/c14-11(13(17)18)6-9(16-19)5-8-7-15-12-4-2-1-3-10(8)12/h1-4,7,9,11,15H,5-6,14H2,(H,17,18)/t9-,11-/m0/s1. The van der Waals surface area contributed by atoms with Gasteiger partial charge in [-0.25, -0.2) is 0 Å². The summed E-state index contributed by atoms with van der Waals surface area (Å²) in [6.45, 7) is 0. The zero-order chi connectivity index (χ0) is 13.8. The lowest BCUT2D eigenvalue weighted by Gasteiger charge is -2.11. The molecule has 6 heteroatoms. The van der Waals surface area contributed by atoms with Crippen LogP contribution in [0.1, 0.15) is 12.0 Å². The van der Waals surface area contributed by atoms with Gasteiger partial charge in [0.2, 0.25) is 0 Å². The number of benzene rings is 1. The number of aromatic amines is 1. The Morgan fingerprint density at radius 1 is 1.42 bits per heavy atom. The van der Waals surface area contributed by atoms with Gasteiger partial charge in [0.25, 0.3) is 0 Å². The van der Waals surface area contributed by atoms with Crippen molar-refractivity contribution >= 4 is 16.9 Å². The highest BCUT2D eigenvalue weighted by atomic mass is 16.4. The average Bonchev–Trinajstić information content (AvgIpc) is 2.81. The first-order valence-electron chi connectivity index (χ1n) is 5.97. The maximum Gasteiger partial charge on any atom is 0.320 e. The van der Waals surface area contributed by atoms with Crippen LogP contribution in [0.5, 0.6) is 0 Å². The molecule has 0 bridgehead atoms. The van der Waals surface area contributed by atoms with Crippen LogP contribution in [0, 0.1) is 4.91 Å². The summed E-state index contributed by atoms with van der Waals surface area (Å²) in [5, 5.41) is 12.7. The molecular formula is C13H15N3O3. The summed E-state index contributed by atoms with van der Waals surface area (Å²) in [5.41, 5.74) is 7.35. The summed E-state index contributed by atoms with van der Waals surface area (Å²) in [6, 6.07) is 6.01. The number of para-hydroxylation sites is 1. The predicted molar refractivity (Wildman–Crippen MR) is 71.8 cm³/mol. The van der Waals surface area contributed by atoms with E-state index in [2.05, 4.69) is 10.2 Å². The van der Waals surface area contributed by atoms with E-state index in [9.17, 15) is 9.70 Å². The smallest absolute Gasteiger partial charge is 0.320 e. The zero-order valence-electron chi connectivity index (χ0n) is 10.2. The number of aliphatic carboxylic acids is 1. The normalized spacial score (nSPS) is 14.2. The molecule has 2 aromatic rings. The third-order valence-corrected chi connectivity index (χ3v) is 3.12. The fourth-order valence-electron chi connectivity index (χ4n) is 2.11. The van der Waals surface area contributed by atoms with Crippen LogP contribution in [-0.4, -0.2) is 28.1 Å². The Labute approximate surface area is 109 Å². The molecule has 1 aromatic heterocycles. The third kappa shape index (κ3) is 2.97. The minimum absolute atomic E-state index is 0.0400. The van der Waals surface area contributed by atoms with Gasteiger partial charge in [-0.2, -0.15) is 4.91 Å². The zero-order valence-corrected chi connectivity index (χ0v) is 10.2. The van der Waals surface area contributed by atoms with Crippen LogP contribution in [0.4, 0.5) is 0 Å². The van der Waals surface area contributed by atoms with Crippen molar-refractivity contribution in [3.63, 3.8) is 0 Å². The number of hydrogen-bond acceptors (Lipinski definition) is 4. The van der Waals surface area contributed by atoms with Crippen molar-refractivity contribution in [2.24, 2.45) is 10.9 Å². The van der Waals surface area contributed by atoms with E-state index in [1.165, 1.54) is 0 Å². The summed E-state index contributed by atoms with van der Waals surface area (Å²) >= 11 is 0. The molecule has 0 unspecified atom stereocenters. The molecule has 4 N–H and O–H groups in total. The number of nitroso groups, excluding NO2 is 1. The van der Waals surface area contributed by atoms with Crippen LogP contribution in [0.2, 0.25) is 0 Å². The van der Waals surface area contributed by atoms with Crippen LogP contribution in [-0.2, 0) is 11.2 Å². The topological polar surface area (TPSA) is 109 Å². The average molecular weight is 261 g/mol. The van der Waals surface area contributed by atoms with E-state index in [1.54, 1.807) is 0 Å². The van der Waals surface area contributed by atoms with Crippen molar-refractivity contribution in [2.45, 2.75) is 24.9 Å². The number of nitrogens with two attached hydrogens (primary N) is 1. The van der Waals surface area contributed by atoms with Crippen molar-refractivity contribution in [3.8, 4) is 0 Å². The quantitative estimate of drug-likeness (QED) is 0.687. The van der Waals surface area contributed by atoms with E-state index in [1.807, 2.05) is 30.5 Å². The van der Waals surface area contributed by atoms with Gasteiger partial charge in [0, 0.05) is 23.5 Å². The van der Waals surface area contributed by atoms with Gasteiger partial charge in [-0.05, 0) is 18.1 Å². The lowest BCUT2D eigenvalue weighted by atomic mass is 10.00. The molecule has 6 nitrogen and oxygen atoms in total. The number of carboxylic acid groups (broad SMARTS) is 1. The lowest BCUT2D eigenvalue weighted by Crippen LogP contribution is -2.34. The SMILES string of the molecule is N[C@@H](C[C@H](Cc1c[nH]c2ccccc12)N=O)C(=O)O. The van der Waals surface area contributed by atoms with Crippen molar-refractivity contribution < 1.29 is 9.90 Å². The molecular weight excluding hydrogens is 246 g/mol. The molecule has 2 rings (SSSR count). The molecule has 0 saturated carbocycles. The van der Waals surface area contributed by atoms with Crippen molar-refractivity contribution in [2.75, 3.05) is 0 Å². The third-order valence-electron chi connectivity index (χ3n) is 3.12. The molecule has 0 aliphatic carbocycles. The van der Waals surface area contributed by atoms with E-state index < -0.39 is 18.1 Å². The van der Waals surface area contributed by atoms with E-state index in [4.69, 9.17) is 10.8 Å². The number of fused-ring (bicyclic) bond motifs is 1. The highest BCUT2D eigenvalue weighted by Crippen LogP contribution is 2.21. The number of aromatic nitrogens is 1. The van der Waals surface area contributed by atoms with Gasteiger partial charge < -0.3 is 15.8 Å². The van der Waals surface area contributed by atoms with Crippen molar-refractivity contribution in [1.29, 1.82) is 0 Å². The minimum Gasteiger partial charge on any atom is -0.480 e. The number of nitrogens with zero attached hydrogens (tertiary/aromatic N) is 1. The number of nitrogens with one attached hydrogen (secondary N) is 1. The minimum atomic E-state index is -1.12. The molecule has 19 heavy (non-hydrogen) atoms. The second-order valence-corrected chi connectivity index (χ2v) is 4.50. The summed E-state index contributed by atoms with van der Waals surface area (Å²) in [4.78, 5) is 24.6. The van der Waals surface area contributed by atoms with Gasteiger partial charge in [-0.3, -0.25) is 4.79 Å². The largest absolute Gasteiger partial charge is 0.480 e. The van der Waals surface area contributed by atoms with Gasteiger partial charge >= 0.3 is 5.97 Å². The van der Waals surface area contributed by atoms with E-state index in [-0.39, 0.29) is 6.42 Å². The van der Waals surface area contributed by atoms with Crippen LogP contribution in [0.25, 0.3) is 10.9 Å².